The van der Waals surface area contributed by atoms with Gasteiger partial charge in [-0.2, -0.15) is 0 Å². The van der Waals surface area contributed by atoms with Gasteiger partial charge in [-0.05, 0) is 30.5 Å². The van der Waals surface area contributed by atoms with E-state index >= 15 is 0 Å². The lowest BCUT2D eigenvalue weighted by atomic mass is 10.2. The molecule has 3 rings (SSSR count). The molecule has 1 atom stereocenters. The van der Waals surface area contributed by atoms with Gasteiger partial charge in [-0.25, -0.2) is 4.39 Å². The number of hydrogen-bond donors (Lipinski definition) is 2. The Balaban J connectivity index is 1.92. The molecule has 0 aliphatic heterocycles. The number of halogens is 1. The Hall–Kier alpha value is -1.92. The van der Waals surface area contributed by atoms with Crippen LogP contribution < -0.4 is 11.1 Å². The summed E-state index contributed by atoms with van der Waals surface area (Å²) < 4.78 is 14.5. The Morgan fingerprint density at radius 1 is 1.33 bits per heavy atom. The molecule has 0 bridgehead atoms. The highest BCUT2D eigenvalue weighted by Crippen LogP contribution is 2.35. The molecule has 1 unspecified atom stereocenters. The number of fused-ring (bicyclic) bond motifs is 1. The molecule has 2 heterocycles. The average molecular weight is 320 g/mol. The summed E-state index contributed by atoms with van der Waals surface area (Å²) in [6.45, 7) is 1.91. The Labute approximate surface area is 129 Å². The van der Waals surface area contributed by atoms with Crippen molar-refractivity contribution in [1.82, 2.24) is 5.32 Å². The molecule has 0 saturated heterocycles. The fourth-order valence-corrected chi connectivity index (χ4v) is 3.94. The highest BCUT2D eigenvalue weighted by molar-refractivity contribution is 7.21. The lowest BCUT2D eigenvalue weighted by Crippen LogP contribution is -2.25. The maximum atomic E-state index is 13.8. The number of nitrogens with two attached hydrogens (primary N) is 1. The summed E-state index contributed by atoms with van der Waals surface area (Å²) in [7, 11) is 0. The summed E-state index contributed by atoms with van der Waals surface area (Å²) in [6.07, 6.45) is 0. The average Bonchev–Trinajstić information content (AvgIpc) is 3.07. The van der Waals surface area contributed by atoms with Gasteiger partial charge in [0.15, 0.2) is 0 Å². The first-order valence-electron chi connectivity index (χ1n) is 6.38. The van der Waals surface area contributed by atoms with Crippen LogP contribution in [0.5, 0.6) is 0 Å². The van der Waals surface area contributed by atoms with Crippen LogP contribution >= 0.6 is 22.7 Å². The van der Waals surface area contributed by atoms with E-state index in [0.717, 1.165) is 4.88 Å². The van der Waals surface area contributed by atoms with Gasteiger partial charge in [-0.1, -0.05) is 12.1 Å². The highest BCUT2D eigenvalue weighted by Gasteiger charge is 2.20. The molecule has 108 valence electrons. The first-order chi connectivity index (χ1) is 10.1. The van der Waals surface area contributed by atoms with Gasteiger partial charge in [-0.15, -0.1) is 22.7 Å². The number of amides is 1. The highest BCUT2D eigenvalue weighted by atomic mass is 32.1. The summed E-state index contributed by atoms with van der Waals surface area (Å²) in [5.74, 6) is -0.666. The fourth-order valence-electron chi connectivity index (χ4n) is 2.17. The fraction of sp³-hybridized carbons (Fsp3) is 0.133. The number of hydrogen-bond acceptors (Lipinski definition) is 4. The number of carbonyl (C=O) groups is 1. The van der Waals surface area contributed by atoms with Crippen LogP contribution in [0.25, 0.3) is 10.1 Å². The van der Waals surface area contributed by atoms with Crippen LogP contribution in [-0.2, 0) is 0 Å². The Kier molecular flexibility index (Phi) is 3.65. The van der Waals surface area contributed by atoms with Crippen molar-refractivity contribution in [3.05, 3.63) is 51.3 Å². The van der Waals surface area contributed by atoms with Crippen LogP contribution in [0.2, 0.25) is 0 Å². The van der Waals surface area contributed by atoms with E-state index in [0.29, 0.717) is 15.0 Å². The molecule has 1 amide bonds. The molecule has 0 spiro atoms. The van der Waals surface area contributed by atoms with E-state index in [1.807, 2.05) is 24.4 Å². The smallest absolute Gasteiger partial charge is 0.264 e. The van der Waals surface area contributed by atoms with Crippen LogP contribution in [-0.4, -0.2) is 5.91 Å². The maximum absolute atomic E-state index is 13.8. The zero-order chi connectivity index (χ0) is 15.0. The maximum Gasteiger partial charge on any atom is 0.264 e. The molecule has 21 heavy (non-hydrogen) atoms. The zero-order valence-electron chi connectivity index (χ0n) is 11.2. The van der Waals surface area contributed by atoms with Gasteiger partial charge in [0, 0.05) is 9.58 Å². The van der Waals surface area contributed by atoms with E-state index in [9.17, 15) is 9.18 Å². The number of thiophene rings is 2. The molecular weight excluding hydrogens is 307 g/mol. The van der Waals surface area contributed by atoms with Crippen LogP contribution in [0.4, 0.5) is 10.1 Å². The number of nitrogen functional groups attached to an aromatic ring is 1. The van der Waals surface area contributed by atoms with Crippen molar-refractivity contribution in [3.63, 3.8) is 0 Å². The quantitative estimate of drug-likeness (QED) is 0.761. The van der Waals surface area contributed by atoms with E-state index in [2.05, 4.69) is 5.32 Å². The topological polar surface area (TPSA) is 55.1 Å². The van der Waals surface area contributed by atoms with Gasteiger partial charge < -0.3 is 11.1 Å². The Morgan fingerprint density at radius 2 is 2.14 bits per heavy atom. The predicted octanol–water partition coefficient (Wildman–Crippen LogP) is 4.18. The minimum absolute atomic E-state index is 0.105. The van der Waals surface area contributed by atoms with Gasteiger partial charge in [0.25, 0.3) is 5.91 Å². The van der Waals surface area contributed by atoms with E-state index in [1.54, 1.807) is 23.5 Å². The largest absolute Gasteiger partial charge is 0.397 e. The molecule has 3 nitrogen and oxygen atoms in total. The van der Waals surface area contributed by atoms with Gasteiger partial charge in [0.2, 0.25) is 0 Å². The Morgan fingerprint density at radius 3 is 2.81 bits per heavy atom. The van der Waals surface area contributed by atoms with E-state index in [4.69, 9.17) is 5.73 Å². The van der Waals surface area contributed by atoms with Crippen molar-refractivity contribution in [2.75, 3.05) is 5.73 Å². The summed E-state index contributed by atoms with van der Waals surface area (Å²) in [5.41, 5.74) is 6.16. The number of carbonyl (C=O) groups excluding carboxylic acids is 1. The molecular formula is C15H13FN2OS2. The second kappa shape index (κ2) is 5.46. The van der Waals surface area contributed by atoms with Crippen LogP contribution in [0.15, 0.2) is 35.7 Å². The molecule has 0 aliphatic carbocycles. The summed E-state index contributed by atoms with van der Waals surface area (Å²) in [4.78, 5) is 13.8. The van der Waals surface area contributed by atoms with Gasteiger partial charge in [0.05, 0.1) is 17.1 Å². The van der Waals surface area contributed by atoms with Gasteiger partial charge in [-0.3, -0.25) is 4.79 Å². The third kappa shape index (κ3) is 2.52. The van der Waals surface area contributed by atoms with Crippen LogP contribution in [0, 0.1) is 5.82 Å². The second-order valence-corrected chi connectivity index (χ2v) is 6.70. The van der Waals surface area contributed by atoms with Crippen molar-refractivity contribution >= 4 is 44.4 Å². The third-order valence-electron chi connectivity index (χ3n) is 3.23. The van der Waals surface area contributed by atoms with Crippen LogP contribution in [0.3, 0.4) is 0 Å². The first-order valence-corrected chi connectivity index (χ1v) is 8.08. The number of benzene rings is 1. The third-order valence-corrected chi connectivity index (χ3v) is 5.45. The van der Waals surface area contributed by atoms with E-state index in [-0.39, 0.29) is 17.6 Å². The SMILES string of the molecule is CC(NC(=O)c1sc2cccc(F)c2c1N)c1cccs1. The van der Waals surface area contributed by atoms with Crippen LogP contribution in [0.1, 0.15) is 27.5 Å². The van der Waals surface area contributed by atoms with E-state index < -0.39 is 5.82 Å². The minimum Gasteiger partial charge on any atom is -0.397 e. The van der Waals surface area contributed by atoms with Gasteiger partial charge in [0.1, 0.15) is 10.7 Å². The number of rotatable bonds is 3. The summed E-state index contributed by atoms with van der Waals surface area (Å²) in [6, 6.07) is 8.52. The lowest BCUT2D eigenvalue weighted by Gasteiger charge is -2.11. The number of nitrogens with one attached hydrogen (secondary N) is 1. The molecule has 0 saturated carbocycles. The Bertz CT molecular complexity index is 795. The summed E-state index contributed by atoms with van der Waals surface area (Å²) in [5, 5.41) is 5.19. The van der Waals surface area contributed by atoms with Gasteiger partial charge >= 0.3 is 0 Å². The molecule has 6 heteroatoms. The van der Waals surface area contributed by atoms with Crippen molar-refractivity contribution < 1.29 is 9.18 Å². The number of anilines is 1. The molecule has 0 aliphatic rings. The lowest BCUT2D eigenvalue weighted by molar-refractivity contribution is 0.0945. The molecule has 3 aromatic rings. The predicted molar refractivity (Wildman–Crippen MR) is 86.4 cm³/mol. The van der Waals surface area contributed by atoms with Crippen molar-refractivity contribution in [2.24, 2.45) is 0 Å². The molecule has 2 aromatic heterocycles. The van der Waals surface area contributed by atoms with Crippen molar-refractivity contribution in [1.29, 1.82) is 0 Å². The molecule has 0 fully saturated rings. The zero-order valence-corrected chi connectivity index (χ0v) is 12.9. The van der Waals surface area contributed by atoms with Crippen molar-refractivity contribution in [2.45, 2.75) is 13.0 Å². The second-order valence-electron chi connectivity index (χ2n) is 4.67. The molecule has 3 N–H and O–H groups in total. The standard InChI is InChI=1S/C15H13FN2OS2/c1-8(10-6-3-7-20-10)18-15(19)14-13(17)12-9(16)4-2-5-11(12)21-14/h2-8H,17H2,1H3,(H,18,19). The molecule has 1 aromatic carbocycles. The van der Waals surface area contributed by atoms with Crippen molar-refractivity contribution in [3.8, 4) is 0 Å². The van der Waals surface area contributed by atoms with E-state index in [1.165, 1.54) is 17.4 Å². The first kappa shape index (κ1) is 14.0. The summed E-state index contributed by atoms with van der Waals surface area (Å²) >= 11 is 2.79. The normalized spacial score (nSPS) is 12.5. The molecule has 0 radical (unpaired) electrons. The monoisotopic (exact) mass is 320 g/mol. The minimum atomic E-state index is -0.397.